The largest absolute Gasteiger partial charge is 0.357 e. The highest BCUT2D eigenvalue weighted by atomic mass is 15.3. The summed E-state index contributed by atoms with van der Waals surface area (Å²) in [7, 11) is 2.21. The van der Waals surface area contributed by atoms with Crippen molar-refractivity contribution in [1.29, 1.82) is 0 Å². The van der Waals surface area contributed by atoms with Crippen LogP contribution in [0.15, 0.2) is 23.2 Å². The quantitative estimate of drug-likeness (QED) is 0.532. The maximum absolute atomic E-state index is 4.93. The molecule has 1 saturated heterocycles. The second-order valence-corrected chi connectivity index (χ2v) is 8.54. The Morgan fingerprint density at radius 2 is 1.68 bits per heavy atom. The summed E-state index contributed by atoms with van der Waals surface area (Å²) in [6, 6.07) is 7.29. The highest BCUT2D eigenvalue weighted by Crippen LogP contribution is 2.14. The number of benzene rings is 1. The molecule has 1 aromatic carbocycles. The molecule has 0 amide bonds. The Morgan fingerprint density at radius 3 is 2.25 bits per heavy atom. The monoisotopic (exact) mass is 387 g/mol. The van der Waals surface area contributed by atoms with Crippen LogP contribution in [0.25, 0.3) is 0 Å². The molecule has 1 fully saturated rings. The first kappa shape index (κ1) is 22.7. The summed E-state index contributed by atoms with van der Waals surface area (Å²) in [6.07, 6.45) is 1.01. The van der Waals surface area contributed by atoms with Crippen molar-refractivity contribution in [3.63, 3.8) is 0 Å². The molecule has 0 spiro atoms. The van der Waals surface area contributed by atoms with E-state index in [0.29, 0.717) is 12.0 Å². The predicted molar refractivity (Wildman–Crippen MR) is 121 cm³/mol. The number of rotatable bonds is 8. The van der Waals surface area contributed by atoms with Crippen LogP contribution in [0, 0.1) is 19.8 Å². The Kier molecular flexibility index (Phi) is 9.26. The second kappa shape index (κ2) is 11.4. The molecule has 1 atom stereocenters. The van der Waals surface area contributed by atoms with E-state index < -0.39 is 0 Å². The molecule has 0 bridgehead atoms. The van der Waals surface area contributed by atoms with Crippen LogP contribution in [-0.2, 0) is 6.42 Å². The van der Waals surface area contributed by atoms with Crippen molar-refractivity contribution in [2.45, 2.75) is 47.1 Å². The Morgan fingerprint density at radius 1 is 1.04 bits per heavy atom. The average Bonchev–Trinajstić information content (AvgIpc) is 2.62. The van der Waals surface area contributed by atoms with Gasteiger partial charge < -0.3 is 15.5 Å². The van der Waals surface area contributed by atoms with E-state index in [4.69, 9.17) is 4.99 Å². The molecule has 5 nitrogen and oxygen atoms in total. The van der Waals surface area contributed by atoms with Crippen LogP contribution in [0.3, 0.4) is 0 Å². The van der Waals surface area contributed by atoms with Gasteiger partial charge in [0.25, 0.3) is 0 Å². The molecule has 1 heterocycles. The van der Waals surface area contributed by atoms with Crippen LogP contribution in [0.4, 0.5) is 0 Å². The van der Waals surface area contributed by atoms with Crippen molar-refractivity contribution in [3.8, 4) is 0 Å². The highest BCUT2D eigenvalue weighted by molar-refractivity contribution is 5.79. The number of nitrogens with zero attached hydrogens (tertiary/aromatic N) is 3. The summed E-state index contributed by atoms with van der Waals surface area (Å²) in [5.74, 6) is 1.54. The van der Waals surface area contributed by atoms with E-state index in [0.717, 1.165) is 58.2 Å². The average molecular weight is 388 g/mol. The van der Waals surface area contributed by atoms with Crippen LogP contribution in [0.1, 0.15) is 37.5 Å². The minimum atomic E-state index is 0.503. The SMILES string of the molecule is CCNC(=NCC(C(C)C)N1CCN(C)CC1)NCCc1cc(C)cc(C)c1. The zero-order valence-corrected chi connectivity index (χ0v) is 18.9. The number of hydrogen-bond acceptors (Lipinski definition) is 3. The van der Waals surface area contributed by atoms with Crippen LogP contribution in [-0.4, -0.2) is 74.7 Å². The van der Waals surface area contributed by atoms with Crippen LogP contribution in [0.5, 0.6) is 0 Å². The summed E-state index contributed by atoms with van der Waals surface area (Å²) in [6.45, 7) is 18.3. The molecule has 0 saturated carbocycles. The van der Waals surface area contributed by atoms with Crippen LogP contribution < -0.4 is 10.6 Å². The molecule has 0 aromatic heterocycles. The molecule has 1 aliphatic heterocycles. The lowest BCUT2D eigenvalue weighted by atomic mass is 10.0. The molecule has 1 aliphatic rings. The fourth-order valence-corrected chi connectivity index (χ4v) is 3.97. The molecular formula is C23H41N5. The minimum Gasteiger partial charge on any atom is -0.357 e. The van der Waals surface area contributed by atoms with Gasteiger partial charge in [0.15, 0.2) is 5.96 Å². The van der Waals surface area contributed by atoms with Gasteiger partial charge in [0, 0.05) is 45.3 Å². The molecule has 1 unspecified atom stereocenters. The van der Waals surface area contributed by atoms with Crippen molar-refractivity contribution < 1.29 is 0 Å². The summed E-state index contributed by atoms with van der Waals surface area (Å²) >= 11 is 0. The van der Waals surface area contributed by atoms with Gasteiger partial charge in [-0.3, -0.25) is 9.89 Å². The van der Waals surface area contributed by atoms with Gasteiger partial charge in [0.2, 0.25) is 0 Å². The van der Waals surface area contributed by atoms with Gasteiger partial charge in [0.1, 0.15) is 0 Å². The lowest BCUT2D eigenvalue weighted by Gasteiger charge is -2.39. The van der Waals surface area contributed by atoms with Gasteiger partial charge in [-0.05, 0) is 45.7 Å². The molecule has 158 valence electrons. The van der Waals surface area contributed by atoms with Crippen molar-refractivity contribution in [3.05, 3.63) is 34.9 Å². The van der Waals surface area contributed by atoms with E-state index in [9.17, 15) is 0 Å². The van der Waals surface area contributed by atoms with Gasteiger partial charge in [-0.15, -0.1) is 0 Å². The summed E-state index contributed by atoms with van der Waals surface area (Å²) < 4.78 is 0. The van der Waals surface area contributed by atoms with E-state index >= 15 is 0 Å². The van der Waals surface area contributed by atoms with E-state index in [-0.39, 0.29) is 0 Å². The standard InChI is InChI=1S/C23H41N5/c1-7-24-23(25-9-8-21-15-19(4)14-20(5)16-21)26-17-22(18(2)3)28-12-10-27(6)11-13-28/h14-16,18,22H,7-13,17H2,1-6H3,(H2,24,25,26). The first-order chi connectivity index (χ1) is 13.4. The summed E-state index contributed by atoms with van der Waals surface area (Å²) in [4.78, 5) is 9.97. The Bertz CT molecular complexity index is 597. The second-order valence-electron chi connectivity index (χ2n) is 8.54. The summed E-state index contributed by atoms with van der Waals surface area (Å²) in [5, 5.41) is 6.93. The Balaban J connectivity index is 1.91. The van der Waals surface area contributed by atoms with Crippen molar-refractivity contribution >= 4 is 5.96 Å². The smallest absolute Gasteiger partial charge is 0.191 e. The third-order valence-corrected chi connectivity index (χ3v) is 5.54. The van der Waals surface area contributed by atoms with Crippen molar-refractivity contribution in [2.75, 3.05) is 52.9 Å². The topological polar surface area (TPSA) is 42.9 Å². The van der Waals surface area contributed by atoms with E-state index in [1.165, 1.54) is 16.7 Å². The number of nitrogens with one attached hydrogen (secondary N) is 2. The fourth-order valence-electron chi connectivity index (χ4n) is 3.97. The first-order valence-electron chi connectivity index (χ1n) is 10.9. The van der Waals surface area contributed by atoms with E-state index in [1.807, 2.05) is 0 Å². The van der Waals surface area contributed by atoms with Gasteiger partial charge in [0.05, 0.1) is 6.54 Å². The maximum Gasteiger partial charge on any atom is 0.191 e. The molecular weight excluding hydrogens is 346 g/mol. The lowest BCUT2D eigenvalue weighted by molar-refractivity contribution is 0.0925. The predicted octanol–water partition coefficient (Wildman–Crippen LogP) is 2.67. The zero-order chi connectivity index (χ0) is 20.5. The number of aliphatic imine (C=N–C) groups is 1. The highest BCUT2D eigenvalue weighted by Gasteiger charge is 2.24. The van der Waals surface area contributed by atoms with Crippen LogP contribution >= 0.6 is 0 Å². The molecule has 1 aromatic rings. The van der Waals surface area contributed by atoms with Gasteiger partial charge >= 0.3 is 0 Å². The molecule has 28 heavy (non-hydrogen) atoms. The van der Waals surface area contributed by atoms with E-state index in [1.54, 1.807) is 0 Å². The number of likely N-dealkylation sites (N-methyl/N-ethyl adjacent to an activating group) is 1. The number of hydrogen-bond donors (Lipinski definition) is 2. The number of aryl methyl sites for hydroxylation is 2. The molecule has 0 radical (unpaired) electrons. The Hall–Kier alpha value is -1.59. The van der Waals surface area contributed by atoms with E-state index in [2.05, 4.69) is 80.3 Å². The molecule has 2 N–H and O–H groups in total. The van der Waals surface area contributed by atoms with Gasteiger partial charge in [-0.1, -0.05) is 43.2 Å². The fraction of sp³-hybridized carbons (Fsp3) is 0.696. The van der Waals surface area contributed by atoms with Crippen LogP contribution in [0.2, 0.25) is 0 Å². The summed E-state index contributed by atoms with van der Waals surface area (Å²) in [5.41, 5.74) is 4.06. The Labute approximate surface area is 172 Å². The molecule has 2 rings (SSSR count). The van der Waals surface area contributed by atoms with Gasteiger partial charge in [-0.2, -0.15) is 0 Å². The third kappa shape index (κ3) is 7.44. The molecule has 5 heteroatoms. The minimum absolute atomic E-state index is 0.503. The third-order valence-electron chi connectivity index (χ3n) is 5.54. The van der Waals surface area contributed by atoms with Gasteiger partial charge in [-0.25, -0.2) is 0 Å². The van der Waals surface area contributed by atoms with Crippen molar-refractivity contribution in [2.24, 2.45) is 10.9 Å². The lowest BCUT2D eigenvalue weighted by Crippen LogP contribution is -2.52. The van der Waals surface area contributed by atoms with Crippen molar-refractivity contribution in [1.82, 2.24) is 20.4 Å². The number of piperazine rings is 1. The zero-order valence-electron chi connectivity index (χ0n) is 18.9. The molecule has 0 aliphatic carbocycles. The maximum atomic E-state index is 4.93. The normalized spacial score (nSPS) is 17.8. The first-order valence-corrected chi connectivity index (χ1v) is 10.9. The number of guanidine groups is 1.